The van der Waals surface area contributed by atoms with E-state index in [0.717, 1.165) is 48.0 Å². The highest BCUT2D eigenvalue weighted by Crippen LogP contribution is 2.44. The van der Waals surface area contributed by atoms with Crippen LogP contribution >= 0.6 is 11.3 Å². The quantitative estimate of drug-likeness (QED) is 0.311. The van der Waals surface area contributed by atoms with Crippen molar-refractivity contribution in [3.8, 4) is 16.5 Å². The molecule has 0 spiro atoms. The first-order valence-electron chi connectivity index (χ1n) is 12.5. The Morgan fingerprint density at radius 3 is 2.55 bits per heavy atom. The van der Waals surface area contributed by atoms with Gasteiger partial charge < -0.3 is 24.3 Å². The number of nitrogens with one attached hydrogen (secondary N) is 1. The highest BCUT2D eigenvalue weighted by Gasteiger charge is 2.36. The van der Waals surface area contributed by atoms with Crippen LogP contribution in [0.1, 0.15) is 46.1 Å². The van der Waals surface area contributed by atoms with Crippen LogP contribution in [0.3, 0.4) is 0 Å². The van der Waals surface area contributed by atoms with Crippen molar-refractivity contribution in [2.45, 2.75) is 38.3 Å². The summed E-state index contributed by atoms with van der Waals surface area (Å²) in [5, 5.41) is 4.04. The van der Waals surface area contributed by atoms with Gasteiger partial charge in [0.25, 0.3) is 0 Å². The zero-order valence-corrected chi connectivity index (χ0v) is 21.9. The lowest BCUT2D eigenvalue weighted by Gasteiger charge is -2.31. The summed E-state index contributed by atoms with van der Waals surface area (Å²) in [5.74, 6) is -0.341. The number of ether oxygens (including phenoxy) is 2. The first-order valence-corrected chi connectivity index (χ1v) is 13.3. The van der Waals surface area contributed by atoms with Gasteiger partial charge in [0.1, 0.15) is 34.2 Å². The van der Waals surface area contributed by atoms with E-state index in [0.29, 0.717) is 29.3 Å². The molecule has 6 nitrogen and oxygen atoms in total. The van der Waals surface area contributed by atoms with Crippen LogP contribution < -0.4 is 14.8 Å². The maximum atomic E-state index is 14.5. The molecule has 38 heavy (non-hydrogen) atoms. The standard InChI is InChI=1S/C29H27F2N3O3S/c1-36-20-9-10-23(25(15-20)37-2)32-29(35)34-16-22-21-6-3-4-8-26(21)38-28(22)33-11-5-7-24(33)27(34)17-12-18(30)14-19(31)13-17/h5,7,9-15,27H,3-4,6,8,16H2,1-2H3,(H,32,35)/t27-/m0/s1. The molecule has 0 unspecified atom stereocenters. The predicted molar refractivity (Wildman–Crippen MR) is 143 cm³/mol. The monoisotopic (exact) mass is 535 g/mol. The first kappa shape index (κ1) is 24.5. The van der Waals surface area contributed by atoms with E-state index in [4.69, 9.17) is 9.47 Å². The van der Waals surface area contributed by atoms with Crippen LogP contribution in [0.5, 0.6) is 11.5 Å². The van der Waals surface area contributed by atoms with Gasteiger partial charge in [0.2, 0.25) is 0 Å². The minimum absolute atomic E-state index is 0.302. The number of nitrogens with zero attached hydrogens (tertiary/aromatic N) is 2. The Morgan fingerprint density at radius 2 is 1.79 bits per heavy atom. The summed E-state index contributed by atoms with van der Waals surface area (Å²) in [6.45, 7) is 0.302. The lowest BCUT2D eigenvalue weighted by atomic mass is 9.95. The molecule has 0 bridgehead atoms. The van der Waals surface area contributed by atoms with Crippen molar-refractivity contribution in [3.05, 3.63) is 93.6 Å². The van der Waals surface area contributed by atoms with Gasteiger partial charge in [0.15, 0.2) is 0 Å². The minimum atomic E-state index is -0.724. The Balaban J connectivity index is 1.49. The first-order chi connectivity index (χ1) is 18.5. The van der Waals surface area contributed by atoms with Crippen LogP contribution in [0.15, 0.2) is 54.7 Å². The van der Waals surface area contributed by atoms with Crippen molar-refractivity contribution in [1.82, 2.24) is 9.47 Å². The van der Waals surface area contributed by atoms with Gasteiger partial charge in [-0.1, -0.05) is 0 Å². The minimum Gasteiger partial charge on any atom is -0.497 e. The van der Waals surface area contributed by atoms with Gasteiger partial charge in [-0.15, -0.1) is 11.3 Å². The Labute approximate surface area is 223 Å². The number of benzene rings is 2. The van der Waals surface area contributed by atoms with Gasteiger partial charge >= 0.3 is 6.03 Å². The summed E-state index contributed by atoms with van der Waals surface area (Å²) in [6.07, 6.45) is 6.20. The normalized spacial score (nSPS) is 16.2. The van der Waals surface area contributed by atoms with Crippen molar-refractivity contribution < 1.29 is 23.0 Å². The summed E-state index contributed by atoms with van der Waals surface area (Å²) < 4.78 is 41.8. The zero-order chi connectivity index (χ0) is 26.4. The molecule has 4 aromatic rings. The van der Waals surface area contributed by atoms with Crippen LogP contribution in [0, 0.1) is 11.6 Å². The van der Waals surface area contributed by atoms with Crippen molar-refractivity contribution >= 4 is 23.1 Å². The number of urea groups is 1. The average Bonchev–Trinajstić information content (AvgIpc) is 3.50. The van der Waals surface area contributed by atoms with E-state index in [1.807, 2.05) is 18.3 Å². The molecule has 9 heteroatoms. The number of thiophene rings is 1. The Bertz CT molecular complexity index is 1510. The van der Waals surface area contributed by atoms with Gasteiger partial charge in [-0.25, -0.2) is 13.6 Å². The number of methoxy groups -OCH3 is 2. The van der Waals surface area contributed by atoms with Crippen LogP contribution in [-0.2, 0) is 19.4 Å². The molecule has 2 aliphatic rings. The van der Waals surface area contributed by atoms with Gasteiger partial charge in [-0.05, 0) is 73.2 Å². The largest absolute Gasteiger partial charge is 0.497 e. The maximum absolute atomic E-state index is 14.5. The summed E-state index contributed by atoms with van der Waals surface area (Å²) in [7, 11) is 3.08. The molecule has 1 aliphatic heterocycles. The van der Waals surface area contributed by atoms with E-state index in [-0.39, 0.29) is 0 Å². The molecule has 1 aliphatic carbocycles. The topological polar surface area (TPSA) is 55.7 Å². The van der Waals surface area contributed by atoms with Crippen molar-refractivity contribution in [2.75, 3.05) is 19.5 Å². The molecule has 2 amide bonds. The molecule has 0 saturated heterocycles. The fraction of sp³-hybridized carbons (Fsp3) is 0.276. The third kappa shape index (κ3) is 4.20. The second-order valence-corrected chi connectivity index (χ2v) is 10.6. The van der Waals surface area contributed by atoms with Gasteiger partial charge in [-0.3, -0.25) is 0 Å². The molecule has 6 rings (SSSR count). The molecule has 196 valence electrons. The SMILES string of the molecule is COc1ccc(NC(=O)N2Cc3c(sc4c3CCCC4)-n3cccc3[C@@H]2c2cc(F)cc(F)c2)c(OC)c1. The van der Waals surface area contributed by atoms with Gasteiger partial charge in [0, 0.05) is 28.8 Å². The smallest absolute Gasteiger partial charge is 0.323 e. The van der Waals surface area contributed by atoms with Crippen LogP contribution in [-0.4, -0.2) is 29.7 Å². The Hall–Kier alpha value is -3.85. The number of rotatable bonds is 4. The molecular weight excluding hydrogens is 508 g/mol. The number of halogens is 2. The predicted octanol–water partition coefficient (Wildman–Crippen LogP) is 6.85. The third-order valence-corrected chi connectivity index (χ3v) is 8.62. The molecule has 0 saturated carbocycles. The number of fused-ring (bicyclic) bond motifs is 5. The Morgan fingerprint density at radius 1 is 1.00 bits per heavy atom. The fourth-order valence-corrected chi connectivity index (χ4v) is 6.96. The third-order valence-electron chi connectivity index (χ3n) is 7.29. The van der Waals surface area contributed by atoms with Gasteiger partial charge in [0.05, 0.1) is 32.1 Å². The van der Waals surface area contributed by atoms with E-state index in [2.05, 4.69) is 9.88 Å². The van der Waals surface area contributed by atoms with E-state index in [9.17, 15) is 13.6 Å². The lowest BCUT2D eigenvalue weighted by molar-refractivity contribution is 0.194. The van der Waals surface area contributed by atoms with E-state index in [1.54, 1.807) is 41.5 Å². The molecule has 1 atom stereocenters. The number of aryl methyl sites for hydroxylation is 1. The maximum Gasteiger partial charge on any atom is 0.323 e. The number of aromatic nitrogens is 1. The van der Waals surface area contributed by atoms with Gasteiger partial charge in [-0.2, -0.15) is 0 Å². The van der Waals surface area contributed by atoms with Crippen molar-refractivity contribution in [3.63, 3.8) is 0 Å². The second-order valence-electron chi connectivity index (χ2n) is 9.53. The summed E-state index contributed by atoms with van der Waals surface area (Å²) in [4.78, 5) is 17.1. The van der Waals surface area contributed by atoms with E-state index in [1.165, 1.54) is 29.7 Å². The second kappa shape index (κ2) is 9.79. The van der Waals surface area contributed by atoms with Crippen LogP contribution in [0.4, 0.5) is 19.3 Å². The number of amides is 2. The molecular formula is C29H27F2N3O3S. The highest BCUT2D eigenvalue weighted by atomic mass is 32.1. The molecule has 1 N–H and O–H groups in total. The average molecular weight is 536 g/mol. The molecule has 2 aromatic heterocycles. The molecule has 0 radical (unpaired) electrons. The summed E-state index contributed by atoms with van der Waals surface area (Å²) in [6, 6.07) is 11.3. The summed E-state index contributed by atoms with van der Waals surface area (Å²) in [5.41, 5.74) is 3.99. The highest BCUT2D eigenvalue weighted by molar-refractivity contribution is 7.15. The Kier molecular flexibility index (Phi) is 6.31. The molecule has 3 heterocycles. The number of carbonyl (C=O) groups excluding carboxylic acids is 1. The fourth-order valence-electron chi connectivity index (χ4n) is 5.56. The summed E-state index contributed by atoms with van der Waals surface area (Å²) >= 11 is 1.75. The number of hydrogen-bond donors (Lipinski definition) is 1. The number of hydrogen-bond acceptors (Lipinski definition) is 4. The lowest BCUT2D eigenvalue weighted by Crippen LogP contribution is -2.38. The molecule has 0 fully saturated rings. The van der Waals surface area contributed by atoms with E-state index >= 15 is 0 Å². The van der Waals surface area contributed by atoms with Crippen LogP contribution in [0.2, 0.25) is 0 Å². The van der Waals surface area contributed by atoms with Crippen molar-refractivity contribution in [2.24, 2.45) is 0 Å². The molecule has 2 aromatic carbocycles. The zero-order valence-electron chi connectivity index (χ0n) is 21.1. The number of anilines is 1. The van der Waals surface area contributed by atoms with E-state index < -0.39 is 23.7 Å². The van der Waals surface area contributed by atoms with Crippen molar-refractivity contribution in [1.29, 1.82) is 0 Å². The van der Waals surface area contributed by atoms with Crippen LogP contribution in [0.25, 0.3) is 5.00 Å². The number of carbonyl (C=O) groups is 1.